The number of rotatable bonds is 9. The summed E-state index contributed by atoms with van der Waals surface area (Å²) in [6.45, 7) is 7.85. The summed E-state index contributed by atoms with van der Waals surface area (Å²) in [5.74, 6) is 0. The molecule has 3 nitrogen and oxygen atoms in total. The Labute approximate surface area is 82.9 Å². The summed E-state index contributed by atoms with van der Waals surface area (Å²) in [5, 5.41) is 6.58. The molecule has 0 aliphatic carbocycles. The lowest BCUT2D eigenvalue weighted by Crippen LogP contribution is -2.33. The Hall–Kier alpha value is -0.120. The Kier molecular flexibility index (Phi) is 9.87. The fourth-order valence-electron chi connectivity index (χ4n) is 1.11. The van der Waals surface area contributed by atoms with Gasteiger partial charge >= 0.3 is 0 Å². The normalized spacial score (nSPS) is 11.1. The first kappa shape index (κ1) is 12.9. The van der Waals surface area contributed by atoms with Crippen molar-refractivity contribution in [2.75, 3.05) is 46.8 Å². The van der Waals surface area contributed by atoms with Gasteiger partial charge in [-0.3, -0.25) is 0 Å². The van der Waals surface area contributed by atoms with Crippen LogP contribution in [-0.4, -0.2) is 51.7 Å². The molecule has 0 aromatic rings. The fourth-order valence-corrected chi connectivity index (χ4v) is 1.11. The lowest BCUT2D eigenvalue weighted by Gasteiger charge is -2.16. The number of hydrogen-bond donors (Lipinski definition) is 2. The second-order valence-electron chi connectivity index (χ2n) is 3.51. The van der Waals surface area contributed by atoms with Crippen LogP contribution in [0.25, 0.3) is 0 Å². The van der Waals surface area contributed by atoms with Crippen molar-refractivity contribution in [3.8, 4) is 0 Å². The van der Waals surface area contributed by atoms with Crippen LogP contribution in [0.5, 0.6) is 0 Å². The fraction of sp³-hybridized carbons (Fsp3) is 1.00. The summed E-state index contributed by atoms with van der Waals surface area (Å²) < 4.78 is 0. The second kappa shape index (κ2) is 9.96. The highest BCUT2D eigenvalue weighted by molar-refractivity contribution is 4.55. The van der Waals surface area contributed by atoms with Crippen molar-refractivity contribution in [1.82, 2.24) is 15.5 Å². The van der Waals surface area contributed by atoms with E-state index in [-0.39, 0.29) is 0 Å². The van der Waals surface area contributed by atoms with E-state index in [0.717, 1.165) is 32.7 Å². The van der Waals surface area contributed by atoms with E-state index in [1.807, 2.05) is 7.05 Å². The standard InChI is InChI=1S/C10H25N3/c1-4-5-6-12-8-10-13(3)9-7-11-2/h11-12H,4-10H2,1-3H3. The predicted octanol–water partition coefficient (Wildman–Crippen LogP) is 0.527. The van der Waals surface area contributed by atoms with Crippen LogP contribution in [0.4, 0.5) is 0 Å². The first-order valence-corrected chi connectivity index (χ1v) is 5.35. The maximum absolute atomic E-state index is 3.43. The summed E-state index contributed by atoms with van der Waals surface area (Å²) in [5.41, 5.74) is 0. The molecular weight excluding hydrogens is 162 g/mol. The SMILES string of the molecule is CCCCNCCN(C)CCNC. The van der Waals surface area contributed by atoms with Gasteiger partial charge in [-0.05, 0) is 27.1 Å². The molecule has 0 rings (SSSR count). The van der Waals surface area contributed by atoms with Gasteiger partial charge in [0.05, 0.1) is 0 Å². The quantitative estimate of drug-likeness (QED) is 0.516. The number of unbranched alkanes of at least 4 members (excludes halogenated alkanes) is 1. The van der Waals surface area contributed by atoms with Crippen molar-refractivity contribution >= 4 is 0 Å². The van der Waals surface area contributed by atoms with Crippen molar-refractivity contribution in [2.24, 2.45) is 0 Å². The minimum atomic E-state index is 1.07. The van der Waals surface area contributed by atoms with Gasteiger partial charge in [-0.2, -0.15) is 0 Å². The van der Waals surface area contributed by atoms with Crippen LogP contribution in [0.15, 0.2) is 0 Å². The monoisotopic (exact) mass is 187 g/mol. The second-order valence-corrected chi connectivity index (χ2v) is 3.51. The molecule has 0 aliphatic heterocycles. The van der Waals surface area contributed by atoms with E-state index in [9.17, 15) is 0 Å². The third-order valence-corrected chi connectivity index (χ3v) is 2.12. The topological polar surface area (TPSA) is 27.3 Å². The zero-order valence-electron chi connectivity index (χ0n) is 9.40. The Bertz CT molecular complexity index is 96.2. The van der Waals surface area contributed by atoms with Crippen molar-refractivity contribution in [1.29, 1.82) is 0 Å². The molecule has 13 heavy (non-hydrogen) atoms. The molecule has 0 saturated heterocycles. The first-order valence-electron chi connectivity index (χ1n) is 5.35. The van der Waals surface area contributed by atoms with E-state index in [1.165, 1.54) is 12.8 Å². The molecule has 0 fully saturated rings. The lowest BCUT2D eigenvalue weighted by atomic mass is 10.3. The maximum Gasteiger partial charge on any atom is 0.0104 e. The van der Waals surface area contributed by atoms with Gasteiger partial charge in [-0.15, -0.1) is 0 Å². The van der Waals surface area contributed by atoms with Gasteiger partial charge in [0.25, 0.3) is 0 Å². The van der Waals surface area contributed by atoms with E-state index in [1.54, 1.807) is 0 Å². The highest BCUT2D eigenvalue weighted by atomic mass is 15.1. The molecule has 0 saturated carbocycles. The molecule has 0 aromatic carbocycles. The smallest absolute Gasteiger partial charge is 0.0104 e. The van der Waals surface area contributed by atoms with Crippen LogP contribution < -0.4 is 10.6 Å². The molecule has 0 radical (unpaired) electrons. The van der Waals surface area contributed by atoms with Gasteiger partial charge in [0, 0.05) is 26.2 Å². The minimum Gasteiger partial charge on any atom is -0.318 e. The Morgan fingerprint density at radius 3 is 2.38 bits per heavy atom. The van der Waals surface area contributed by atoms with Crippen LogP contribution in [0, 0.1) is 0 Å². The summed E-state index contributed by atoms with van der Waals surface area (Å²) in [6, 6.07) is 0. The zero-order chi connectivity index (χ0) is 9.94. The van der Waals surface area contributed by atoms with Crippen molar-refractivity contribution in [3.05, 3.63) is 0 Å². The van der Waals surface area contributed by atoms with Crippen molar-refractivity contribution in [2.45, 2.75) is 19.8 Å². The van der Waals surface area contributed by atoms with Gasteiger partial charge in [-0.1, -0.05) is 13.3 Å². The van der Waals surface area contributed by atoms with Gasteiger partial charge in [0.15, 0.2) is 0 Å². The molecule has 0 bridgehead atoms. The third-order valence-electron chi connectivity index (χ3n) is 2.12. The van der Waals surface area contributed by atoms with Crippen LogP contribution in [0.1, 0.15) is 19.8 Å². The van der Waals surface area contributed by atoms with E-state index in [2.05, 4.69) is 29.5 Å². The molecule has 2 N–H and O–H groups in total. The highest BCUT2D eigenvalue weighted by Crippen LogP contribution is 1.83. The number of hydrogen-bond acceptors (Lipinski definition) is 3. The molecule has 0 spiro atoms. The molecule has 0 atom stereocenters. The third kappa shape index (κ3) is 9.80. The number of likely N-dealkylation sites (N-methyl/N-ethyl adjacent to an activating group) is 2. The molecule has 3 heteroatoms. The van der Waals surface area contributed by atoms with E-state index in [4.69, 9.17) is 0 Å². The van der Waals surface area contributed by atoms with Crippen molar-refractivity contribution in [3.63, 3.8) is 0 Å². The first-order chi connectivity index (χ1) is 6.31. The van der Waals surface area contributed by atoms with Gasteiger partial charge in [0.1, 0.15) is 0 Å². The minimum absolute atomic E-state index is 1.07. The highest BCUT2D eigenvalue weighted by Gasteiger charge is 1.95. The molecule has 0 heterocycles. The average molecular weight is 187 g/mol. The van der Waals surface area contributed by atoms with E-state index in [0.29, 0.717) is 0 Å². The Morgan fingerprint density at radius 2 is 1.77 bits per heavy atom. The number of nitrogens with zero attached hydrogens (tertiary/aromatic N) is 1. The van der Waals surface area contributed by atoms with Crippen molar-refractivity contribution < 1.29 is 0 Å². The van der Waals surface area contributed by atoms with Crippen LogP contribution in [0.3, 0.4) is 0 Å². The summed E-state index contributed by atoms with van der Waals surface area (Å²) in [4.78, 5) is 2.34. The molecule has 0 aromatic heterocycles. The molecular formula is C10H25N3. The van der Waals surface area contributed by atoms with E-state index < -0.39 is 0 Å². The van der Waals surface area contributed by atoms with Crippen LogP contribution in [-0.2, 0) is 0 Å². The summed E-state index contributed by atoms with van der Waals surface area (Å²) in [6.07, 6.45) is 2.57. The zero-order valence-corrected chi connectivity index (χ0v) is 9.40. The summed E-state index contributed by atoms with van der Waals surface area (Å²) >= 11 is 0. The molecule has 0 aliphatic rings. The number of nitrogens with one attached hydrogen (secondary N) is 2. The van der Waals surface area contributed by atoms with E-state index >= 15 is 0 Å². The Morgan fingerprint density at radius 1 is 1.08 bits per heavy atom. The maximum atomic E-state index is 3.43. The summed E-state index contributed by atoms with van der Waals surface area (Å²) in [7, 11) is 4.16. The molecule has 0 unspecified atom stereocenters. The van der Waals surface area contributed by atoms with Gasteiger partial charge in [0.2, 0.25) is 0 Å². The average Bonchev–Trinajstić information content (AvgIpc) is 2.14. The van der Waals surface area contributed by atoms with Crippen LogP contribution >= 0.6 is 0 Å². The molecule has 80 valence electrons. The Balaban J connectivity index is 3.03. The lowest BCUT2D eigenvalue weighted by molar-refractivity contribution is 0.332. The van der Waals surface area contributed by atoms with Gasteiger partial charge in [-0.25, -0.2) is 0 Å². The molecule has 0 amide bonds. The van der Waals surface area contributed by atoms with Crippen LogP contribution in [0.2, 0.25) is 0 Å². The largest absolute Gasteiger partial charge is 0.318 e. The predicted molar refractivity (Wildman–Crippen MR) is 59.2 cm³/mol. The van der Waals surface area contributed by atoms with Gasteiger partial charge < -0.3 is 15.5 Å².